The number of furan rings is 1. The molecule has 7 rings (SSSR count). The van der Waals surface area contributed by atoms with Crippen LogP contribution in [-0.4, -0.2) is 20.1 Å². The van der Waals surface area contributed by atoms with Gasteiger partial charge in [0.05, 0.1) is 16.7 Å². The lowest BCUT2D eigenvalue weighted by atomic mass is 9.73. The standard InChI is InChI=1S/C35H25N3O2/c1-35(24-13-3-2-4-14-24,30-20-9-10-21-36-30)25-15-11-12-23(22-25)31-33-32(27-17-6-8-19-29(27)40-33)38-34(37-31)26-16-5-7-18-28(26)39/h2-22,39H,1H3. The van der Waals surface area contributed by atoms with Gasteiger partial charge in [-0.1, -0.05) is 78.9 Å². The highest BCUT2D eigenvalue weighted by atomic mass is 16.3. The van der Waals surface area contributed by atoms with Crippen LogP contribution in [0.3, 0.4) is 0 Å². The summed E-state index contributed by atoms with van der Waals surface area (Å²) in [4.78, 5) is 14.6. The topological polar surface area (TPSA) is 72.0 Å². The largest absolute Gasteiger partial charge is 0.507 e. The SMILES string of the molecule is CC(c1ccccc1)(c1cccc(-c2nc(-c3ccccc3O)nc3c2oc2ccccc23)c1)c1ccccn1. The Morgan fingerprint density at radius 1 is 0.700 bits per heavy atom. The minimum atomic E-state index is -0.515. The van der Waals surface area contributed by atoms with Crippen LogP contribution in [-0.2, 0) is 5.41 Å². The fraction of sp³-hybridized carbons (Fsp3) is 0.0571. The van der Waals surface area contributed by atoms with E-state index in [2.05, 4.69) is 49.4 Å². The van der Waals surface area contributed by atoms with E-state index in [0.29, 0.717) is 28.2 Å². The molecule has 5 heteroatoms. The van der Waals surface area contributed by atoms with E-state index in [0.717, 1.165) is 33.4 Å². The van der Waals surface area contributed by atoms with E-state index < -0.39 is 5.41 Å². The highest BCUT2D eigenvalue weighted by molar-refractivity contribution is 6.07. The van der Waals surface area contributed by atoms with E-state index in [1.807, 2.05) is 72.9 Å². The molecule has 0 saturated heterocycles. The van der Waals surface area contributed by atoms with Crippen LogP contribution in [0.1, 0.15) is 23.7 Å². The quantitative estimate of drug-likeness (QED) is 0.248. The van der Waals surface area contributed by atoms with Crippen molar-refractivity contribution in [2.24, 2.45) is 0 Å². The van der Waals surface area contributed by atoms with Crippen LogP contribution >= 0.6 is 0 Å². The molecular formula is C35H25N3O2. The Labute approximate surface area is 231 Å². The lowest BCUT2D eigenvalue weighted by Gasteiger charge is -2.31. The lowest BCUT2D eigenvalue weighted by Crippen LogP contribution is -2.26. The molecule has 3 aromatic heterocycles. The van der Waals surface area contributed by atoms with Gasteiger partial charge in [0.2, 0.25) is 0 Å². The van der Waals surface area contributed by atoms with Crippen LogP contribution in [0, 0.1) is 0 Å². The highest BCUT2D eigenvalue weighted by Gasteiger charge is 2.33. The molecule has 0 radical (unpaired) electrons. The molecule has 0 aliphatic carbocycles. The van der Waals surface area contributed by atoms with Crippen LogP contribution < -0.4 is 0 Å². The van der Waals surface area contributed by atoms with Gasteiger partial charge in [-0.2, -0.15) is 0 Å². The molecule has 1 atom stereocenters. The second kappa shape index (κ2) is 9.47. The molecule has 7 aromatic rings. The van der Waals surface area contributed by atoms with E-state index in [1.165, 1.54) is 0 Å². The van der Waals surface area contributed by atoms with Crippen LogP contribution in [0.2, 0.25) is 0 Å². The van der Waals surface area contributed by atoms with Crippen LogP contribution in [0.4, 0.5) is 0 Å². The number of rotatable bonds is 5. The van der Waals surface area contributed by atoms with Crippen molar-refractivity contribution in [1.29, 1.82) is 0 Å². The van der Waals surface area contributed by atoms with Gasteiger partial charge < -0.3 is 9.52 Å². The molecular weight excluding hydrogens is 494 g/mol. The Morgan fingerprint density at radius 2 is 1.45 bits per heavy atom. The summed E-state index contributed by atoms with van der Waals surface area (Å²) < 4.78 is 6.35. The van der Waals surface area contributed by atoms with Gasteiger partial charge in [-0.05, 0) is 60.5 Å². The van der Waals surface area contributed by atoms with Crippen molar-refractivity contribution >= 4 is 22.1 Å². The predicted octanol–water partition coefficient (Wildman–Crippen LogP) is 8.16. The van der Waals surface area contributed by atoms with E-state index in [-0.39, 0.29) is 5.75 Å². The summed E-state index contributed by atoms with van der Waals surface area (Å²) in [5.74, 6) is 0.564. The zero-order chi connectivity index (χ0) is 27.1. The zero-order valence-corrected chi connectivity index (χ0v) is 21.8. The third-order valence-electron chi connectivity index (χ3n) is 7.61. The molecule has 4 aromatic carbocycles. The van der Waals surface area contributed by atoms with Gasteiger partial charge in [0, 0.05) is 17.1 Å². The number of benzene rings is 4. The molecule has 3 heterocycles. The Bertz CT molecular complexity index is 1940. The molecule has 1 unspecified atom stereocenters. The van der Waals surface area contributed by atoms with Crippen molar-refractivity contribution in [3.05, 3.63) is 144 Å². The average molecular weight is 520 g/mol. The maximum absolute atomic E-state index is 10.7. The molecule has 40 heavy (non-hydrogen) atoms. The first-order chi connectivity index (χ1) is 19.6. The van der Waals surface area contributed by atoms with Gasteiger partial charge in [0.1, 0.15) is 22.5 Å². The Morgan fingerprint density at radius 3 is 2.27 bits per heavy atom. The summed E-state index contributed by atoms with van der Waals surface area (Å²) in [5, 5.41) is 11.6. The zero-order valence-electron chi connectivity index (χ0n) is 21.8. The van der Waals surface area contributed by atoms with Crippen molar-refractivity contribution < 1.29 is 9.52 Å². The molecule has 0 spiro atoms. The van der Waals surface area contributed by atoms with Gasteiger partial charge in [-0.25, -0.2) is 9.97 Å². The first-order valence-corrected chi connectivity index (χ1v) is 13.2. The third-order valence-corrected chi connectivity index (χ3v) is 7.61. The lowest BCUT2D eigenvalue weighted by molar-refractivity contribution is 0.477. The Kier molecular flexibility index (Phi) is 5.64. The number of para-hydroxylation sites is 2. The number of hydrogen-bond donors (Lipinski definition) is 1. The second-order valence-electron chi connectivity index (χ2n) is 9.98. The first kappa shape index (κ1) is 23.8. The Hall–Kier alpha value is -5.29. The smallest absolute Gasteiger partial charge is 0.180 e. The van der Waals surface area contributed by atoms with Crippen LogP contribution in [0.25, 0.3) is 44.7 Å². The summed E-state index contributed by atoms with van der Waals surface area (Å²) in [5.41, 5.74) is 6.81. The number of phenols is 1. The normalized spacial score (nSPS) is 12.9. The van der Waals surface area contributed by atoms with Crippen LogP contribution in [0.5, 0.6) is 5.75 Å². The van der Waals surface area contributed by atoms with Gasteiger partial charge in [-0.3, -0.25) is 4.98 Å². The van der Waals surface area contributed by atoms with Crippen molar-refractivity contribution in [3.63, 3.8) is 0 Å². The summed E-state index contributed by atoms with van der Waals surface area (Å²) in [7, 11) is 0. The number of aromatic nitrogens is 3. The molecule has 0 bridgehead atoms. The minimum Gasteiger partial charge on any atom is -0.507 e. The summed E-state index contributed by atoms with van der Waals surface area (Å²) >= 11 is 0. The monoisotopic (exact) mass is 519 g/mol. The fourth-order valence-corrected chi connectivity index (χ4v) is 5.44. The van der Waals surface area contributed by atoms with E-state index in [1.54, 1.807) is 12.1 Å². The third kappa shape index (κ3) is 3.83. The van der Waals surface area contributed by atoms with E-state index in [4.69, 9.17) is 19.4 Å². The van der Waals surface area contributed by atoms with Crippen molar-refractivity contribution in [2.75, 3.05) is 0 Å². The molecule has 0 saturated carbocycles. The average Bonchev–Trinajstić information content (AvgIpc) is 3.40. The molecule has 0 fully saturated rings. The number of nitrogens with zero attached hydrogens (tertiary/aromatic N) is 3. The number of fused-ring (bicyclic) bond motifs is 3. The first-order valence-electron chi connectivity index (χ1n) is 13.2. The highest BCUT2D eigenvalue weighted by Crippen LogP contribution is 2.41. The van der Waals surface area contributed by atoms with E-state index >= 15 is 0 Å². The second-order valence-corrected chi connectivity index (χ2v) is 9.98. The molecule has 192 valence electrons. The minimum absolute atomic E-state index is 0.126. The molecule has 0 aliphatic rings. The number of phenolic OH excluding ortho intramolecular Hbond substituents is 1. The van der Waals surface area contributed by atoms with Crippen molar-refractivity contribution in [1.82, 2.24) is 15.0 Å². The van der Waals surface area contributed by atoms with E-state index in [9.17, 15) is 5.11 Å². The number of aromatic hydroxyl groups is 1. The number of pyridine rings is 1. The predicted molar refractivity (Wildman–Crippen MR) is 158 cm³/mol. The van der Waals surface area contributed by atoms with Gasteiger partial charge in [0.25, 0.3) is 0 Å². The van der Waals surface area contributed by atoms with Crippen molar-refractivity contribution in [2.45, 2.75) is 12.3 Å². The summed E-state index contributed by atoms with van der Waals surface area (Å²) in [6, 6.07) is 39.8. The van der Waals surface area contributed by atoms with Gasteiger partial charge in [-0.15, -0.1) is 0 Å². The van der Waals surface area contributed by atoms with Crippen LogP contribution in [0.15, 0.2) is 132 Å². The van der Waals surface area contributed by atoms with Crippen molar-refractivity contribution in [3.8, 4) is 28.4 Å². The molecule has 0 amide bonds. The Balaban J connectivity index is 1.50. The molecule has 5 nitrogen and oxygen atoms in total. The maximum atomic E-state index is 10.7. The fourth-order valence-electron chi connectivity index (χ4n) is 5.44. The molecule has 0 aliphatic heterocycles. The number of hydrogen-bond acceptors (Lipinski definition) is 5. The van der Waals surface area contributed by atoms with Gasteiger partial charge >= 0.3 is 0 Å². The maximum Gasteiger partial charge on any atom is 0.180 e. The summed E-state index contributed by atoms with van der Waals surface area (Å²) in [6.07, 6.45) is 1.83. The van der Waals surface area contributed by atoms with Gasteiger partial charge in [0.15, 0.2) is 11.4 Å². The summed E-state index contributed by atoms with van der Waals surface area (Å²) in [6.45, 7) is 2.20. The molecule has 1 N–H and O–H groups in total.